The van der Waals surface area contributed by atoms with Crippen LogP contribution in [0.1, 0.15) is 0 Å². The van der Waals surface area contributed by atoms with Crippen LogP contribution in [0.2, 0.25) is 0 Å². The predicted octanol–water partition coefficient (Wildman–Crippen LogP) is 12.2. The second kappa shape index (κ2) is 13.2. The zero-order valence-corrected chi connectivity index (χ0v) is 25.2. The number of hydrogen-bond acceptors (Lipinski definition) is 3. The largest absolute Gasteiger partial charge is 0.311 e. The van der Waals surface area contributed by atoms with E-state index in [1.807, 2.05) is 48.5 Å². The molecule has 0 saturated heterocycles. The molecular formula is C42H32FN3. The Balaban J connectivity index is 1.26. The number of nitrogens with zero attached hydrogens (tertiary/aromatic N) is 3. The monoisotopic (exact) mass is 597 g/mol. The molecule has 0 aromatic heterocycles. The molecular weight excluding hydrogens is 565 g/mol. The fraction of sp³-hybridized carbons (Fsp3) is 0. The summed E-state index contributed by atoms with van der Waals surface area (Å²) in [6.45, 7) is 0. The van der Waals surface area contributed by atoms with Crippen molar-refractivity contribution in [3.63, 3.8) is 0 Å². The Hall–Kier alpha value is -6.13. The summed E-state index contributed by atoms with van der Waals surface area (Å²) in [6, 6.07) is 65.2. The van der Waals surface area contributed by atoms with Crippen LogP contribution >= 0.6 is 0 Å². The van der Waals surface area contributed by atoms with E-state index in [9.17, 15) is 4.39 Å². The van der Waals surface area contributed by atoms with Gasteiger partial charge in [-0.3, -0.25) is 0 Å². The normalized spacial score (nSPS) is 10.7. The van der Waals surface area contributed by atoms with Crippen LogP contribution in [-0.4, -0.2) is 0 Å². The minimum Gasteiger partial charge on any atom is -0.311 e. The van der Waals surface area contributed by atoms with Gasteiger partial charge in [0, 0.05) is 51.2 Å². The van der Waals surface area contributed by atoms with Crippen molar-refractivity contribution in [3.8, 4) is 0 Å². The van der Waals surface area contributed by atoms with Gasteiger partial charge in [-0.15, -0.1) is 0 Å². The lowest BCUT2D eigenvalue weighted by Gasteiger charge is -2.29. The van der Waals surface area contributed by atoms with E-state index in [0.717, 1.165) is 51.2 Å². The van der Waals surface area contributed by atoms with E-state index in [2.05, 4.69) is 148 Å². The molecule has 0 heterocycles. The van der Waals surface area contributed by atoms with E-state index >= 15 is 0 Å². The summed E-state index contributed by atoms with van der Waals surface area (Å²) in [5.41, 5.74) is 9.26. The van der Waals surface area contributed by atoms with Gasteiger partial charge in [-0.25, -0.2) is 4.39 Å². The van der Waals surface area contributed by atoms with Crippen molar-refractivity contribution in [1.29, 1.82) is 0 Å². The third-order valence-corrected chi connectivity index (χ3v) is 7.87. The van der Waals surface area contributed by atoms with Crippen LogP contribution in [0.3, 0.4) is 0 Å². The first-order valence-corrected chi connectivity index (χ1v) is 15.3. The summed E-state index contributed by atoms with van der Waals surface area (Å²) in [6.07, 6.45) is 0. The second-order valence-electron chi connectivity index (χ2n) is 10.9. The van der Waals surface area contributed by atoms with Crippen molar-refractivity contribution in [2.24, 2.45) is 0 Å². The SMILES string of the molecule is Fc1ccc(N(c2ccccc2)c2ccc(N(c3ccccc3)c3ccc(N(c4ccccc4)c4ccccc4)cc3)cc2)cc1. The summed E-state index contributed by atoms with van der Waals surface area (Å²) >= 11 is 0. The number of anilines is 9. The topological polar surface area (TPSA) is 9.72 Å². The highest BCUT2D eigenvalue weighted by Gasteiger charge is 2.17. The average molecular weight is 598 g/mol. The molecule has 0 N–H and O–H groups in total. The molecule has 0 aliphatic heterocycles. The van der Waals surface area contributed by atoms with Crippen molar-refractivity contribution in [2.45, 2.75) is 0 Å². The molecule has 3 nitrogen and oxygen atoms in total. The second-order valence-corrected chi connectivity index (χ2v) is 10.9. The Kier molecular flexibility index (Phi) is 8.24. The molecule has 0 unspecified atom stereocenters. The van der Waals surface area contributed by atoms with Crippen molar-refractivity contribution >= 4 is 51.2 Å². The van der Waals surface area contributed by atoms with E-state index in [0.29, 0.717) is 0 Å². The third-order valence-electron chi connectivity index (χ3n) is 7.87. The van der Waals surface area contributed by atoms with Crippen molar-refractivity contribution in [1.82, 2.24) is 0 Å². The van der Waals surface area contributed by atoms with E-state index in [1.165, 1.54) is 12.1 Å². The third kappa shape index (κ3) is 6.10. The van der Waals surface area contributed by atoms with Gasteiger partial charge in [-0.1, -0.05) is 72.8 Å². The maximum absolute atomic E-state index is 13.8. The molecule has 0 spiro atoms. The van der Waals surface area contributed by atoms with Crippen LogP contribution in [0.5, 0.6) is 0 Å². The van der Waals surface area contributed by atoms with E-state index in [-0.39, 0.29) is 5.82 Å². The number of rotatable bonds is 9. The van der Waals surface area contributed by atoms with Gasteiger partial charge in [0.2, 0.25) is 0 Å². The lowest BCUT2D eigenvalue weighted by Crippen LogP contribution is -2.13. The Labute approximate surface area is 269 Å². The van der Waals surface area contributed by atoms with Crippen LogP contribution in [0.15, 0.2) is 194 Å². The Morgan fingerprint density at radius 3 is 0.609 bits per heavy atom. The Bertz CT molecular complexity index is 1920. The fourth-order valence-corrected chi connectivity index (χ4v) is 5.74. The summed E-state index contributed by atoms with van der Waals surface area (Å²) in [4.78, 5) is 6.65. The zero-order chi connectivity index (χ0) is 31.1. The molecule has 0 aliphatic rings. The van der Waals surface area contributed by atoms with Gasteiger partial charge in [0.05, 0.1) is 0 Å². The molecule has 0 fully saturated rings. The van der Waals surface area contributed by atoms with Gasteiger partial charge in [0.25, 0.3) is 0 Å². The molecule has 0 saturated carbocycles. The van der Waals surface area contributed by atoms with E-state index in [4.69, 9.17) is 0 Å². The van der Waals surface area contributed by atoms with E-state index < -0.39 is 0 Å². The highest BCUT2D eigenvalue weighted by molar-refractivity contribution is 5.83. The lowest BCUT2D eigenvalue weighted by atomic mass is 10.1. The molecule has 7 aromatic rings. The predicted molar refractivity (Wildman–Crippen MR) is 190 cm³/mol. The van der Waals surface area contributed by atoms with Gasteiger partial charge < -0.3 is 14.7 Å². The number of hydrogen-bond donors (Lipinski definition) is 0. The van der Waals surface area contributed by atoms with Crippen LogP contribution in [-0.2, 0) is 0 Å². The lowest BCUT2D eigenvalue weighted by molar-refractivity contribution is 0.628. The number of halogens is 1. The van der Waals surface area contributed by atoms with Gasteiger partial charge >= 0.3 is 0 Å². The standard InChI is InChI=1S/C42H32FN3/c43-33-21-23-38(24-22-33)45(36-17-9-3-10-18-36)40-29-31-42(32-30-40)46(37-19-11-4-12-20-37)41-27-25-39(26-28-41)44(34-13-5-1-6-14-34)35-15-7-2-8-16-35/h1-32H. The molecule has 0 atom stereocenters. The van der Waals surface area contributed by atoms with E-state index in [1.54, 1.807) is 0 Å². The molecule has 0 aliphatic carbocycles. The average Bonchev–Trinajstić information content (AvgIpc) is 3.13. The molecule has 222 valence electrons. The van der Waals surface area contributed by atoms with Gasteiger partial charge in [0.15, 0.2) is 0 Å². The molecule has 0 radical (unpaired) electrons. The van der Waals surface area contributed by atoms with Gasteiger partial charge in [0.1, 0.15) is 5.82 Å². The number of para-hydroxylation sites is 4. The Morgan fingerprint density at radius 2 is 0.391 bits per heavy atom. The molecule has 0 amide bonds. The number of benzene rings is 7. The zero-order valence-electron chi connectivity index (χ0n) is 25.2. The van der Waals surface area contributed by atoms with Gasteiger partial charge in [-0.05, 0) is 121 Å². The van der Waals surface area contributed by atoms with Crippen molar-refractivity contribution in [2.75, 3.05) is 14.7 Å². The van der Waals surface area contributed by atoms with Crippen molar-refractivity contribution < 1.29 is 4.39 Å². The Morgan fingerprint density at radius 1 is 0.217 bits per heavy atom. The fourth-order valence-electron chi connectivity index (χ4n) is 5.74. The first-order chi connectivity index (χ1) is 22.7. The summed E-state index contributed by atoms with van der Waals surface area (Å²) in [5, 5.41) is 0. The van der Waals surface area contributed by atoms with Gasteiger partial charge in [-0.2, -0.15) is 0 Å². The molecule has 46 heavy (non-hydrogen) atoms. The highest BCUT2D eigenvalue weighted by atomic mass is 19.1. The smallest absolute Gasteiger partial charge is 0.123 e. The first kappa shape index (κ1) is 28.6. The molecule has 7 aromatic carbocycles. The van der Waals surface area contributed by atoms with Crippen LogP contribution in [0.25, 0.3) is 0 Å². The first-order valence-electron chi connectivity index (χ1n) is 15.3. The quantitative estimate of drug-likeness (QED) is 0.164. The minimum absolute atomic E-state index is 0.257. The minimum atomic E-state index is -0.257. The maximum atomic E-state index is 13.8. The highest BCUT2D eigenvalue weighted by Crippen LogP contribution is 2.41. The molecule has 7 rings (SSSR count). The molecule has 0 bridgehead atoms. The summed E-state index contributed by atoms with van der Waals surface area (Å²) in [5.74, 6) is -0.257. The maximum Gasteiger partial charge on any atom is 0.123 e. The summed E-state index contributed by atoms with van der Waals surface area (Å²) < 4.78 is 13.8. The van der Waals surface area contributed by atoms with Crippen molar-refractivity contribution in [3.05, 3.63) is 200 Å². The summed E-state index contributed by atoms with van der Waals surface area (Å²) in [7, 11) is 0. The molecule has 4 heteroatoms. The van der Waals surface area contributed by atoms with Crippen LogP contribution in [0, 0.1) is 5.82 Å². The van der Waals surface area contributed by atoms with Crippen LogP contribution in [0.4, 0.5) is 55.6 Å². The van der Waals surface area contributed by atoms with Crippen LogP contribution < -0.4 is 14.7 Å².